The second kappa shape index (κ2) is 7.55. The molecule has 0 aliphatic carbocycles. The average Bonchev–Trinajstić information content (AvgIpc) is 2.35. The van der Waals surface area contributed by atoms with Crippen LogP contribution in [0, 0.1) is 0 Å². The van der Waals surface area contributed by atoms with E-state index in [1.165, 1.54) is 5.56 Å². The Morgan fingerprint density at radius 1 is 1.17 bits per heavy atom. The lowest BCUT2D eigenvalue weighted by molar-refractivity contribution is -0.0396. The van der Waals surface area contributed by atoms with Crippen LogP contribution in [0.15, 0.2) is 30.3 Å². The molecule has 102 valence electrons. The Morgan fingerprint density at radius 3 is 2.39 bits per heavy atom. The van der Waals surface area contributed by atoms with Crippen molar-refractivity contribution >= 4 is 0 Å². The van der Waals surface area contributed by atoms with Crippen LogP contribution in [0.1, 0.15) is 39.7 Å². The standard InChI is InChI=1S/C16H27NO/c1-5-17-15(16(3,4)18-6-2)13-12-14-10-8-7-9-11-14/h7-11,15,17H,5-6,12-13H2,1-4H3. The van der Waals surface area contributed by atoms with Crippen molar-refractivity contribution in [3.63, 3.8) is 0 Å². The normalized spacial score (nSPS) is 13.6. The van der Waals surface area contributed by atoms with Gasteiger partial charge >= 0.3 is 0 Å². The molecule has 1 aromatic carbocycles. The summed E-state index contributed by atoms with van der Waals surface area (Å²) in [4.78, 5) is 0. The molecule has 1 N–H and O–H groups in total. The fraction of sp³-hybridized carbons (Fsp3) is 0.625. The fourth-order valence-electron chi connectivity index (χ4n) is 2.37. The van der Waals surface area contributed by atoms with E-state index in [1.807, 2.05) is 0 Å². The lowest BCUT2D eigenvalue weighted by Crippen LogP contribution is -2.48. The molecule has 1 aromatic rings. The molecule has 2 nitrogen and oxygen atoms in total. The summed E-state index contributed by atoms with van der Waals surface area (Å²) < 4.78 is 5.87. The zero-order chi connectivity index (χ0) is 13.4. The Morgan fingerprint density at radius 2 is 1.83 bits per heavy atom. The lowest BCUT2D eigenvalue weighted by atomic mass is 9.92. The van der Waals surface area contributed by atoms with Gasteiger partial charge in [0.05, 0.1) is 5.60 Å². The van der Waals surface area contributed by atoms with E-state index in [4.69, 9.17) is 4.74 Å². The maximum atomic E-state index is 5.87. The molecule has 0 saturated heterocycles. The van der Waals surface area contributed by atoms with Crippen LogP contribution in [0.4, 0.5) is 0 Å². The summed E-state index contributed by atoms with van der Waals surface area (Å²) in [5, 5.41) is 3.55. The third kappa shape index (κ3) is 4.79. The van der Waals surface area contributed by atoms with Crippen molar-refractivity contribution in [2.45, 2.75) is 52.2 Å². The number of benzene rings is 1. The van der Waals surface area contributed by atoms with E-state index < -0.39 is 0 Å². The van der Waals surface area contributed by atoms with Crippen LogP contribution in [0.3, 0.4) is 0 Å². The summed E-state index contributed by atoms with van der Waals surface area (Å²) in [6.45, 7) is 10.3. The van der Waals surface area contributed by atoms with Gasteiger partial charge in [-0.2, -0.15) is 0 Å². The number of aryl methyl sites for hydroxylation is 1. The summed E-state index contributed by atoms with van der Waals surface area (Å²) in [5.74, 6) is 0. The molecule has 0 heterocycles. The van der Waals surface area contributed by atoms with E-state index in [0.29, 0.717) is 6.04 Å². The van der Waals surface area contributed by atoms with Crippen molar-refractivity contribution in [2.75, 3.05) is 13.2 Å². The number of ether oxygens (including phenoxy) is 1. The van der Waals surface area contributed by atoms with Gasteiger partial charge in [0.25, 0.3) is 0 Å². The zero-order valence-electron chi connectivity index (χ0n) is 12.2. The quantitative estimate of drug-likeness (QED) is 0.762. The number of likely N-dealkylation sites (N-methyl/N-ethyl adjacent to an activating group) is 1. The van der Waals surface area contributed by atoms with Crippen LogP contribution in [-0.2, 0) is 11.2 Å². The highest BCUT2D eigenvalue weighted by molar-refractivity contribution is 5.15. The van der Waals surface area contributed by atoms with Gasteiger partial charge in [0.1, 0.15) is 0 Å². The first-order valence-corrected chi connectivity index (χ1v) is 7.01. The topological polar surface area (TPSA) is 21.3 Å². The van der Waals surface area contributed by atoms with Gasteiger partial charge in [-0.3, -0.25) is 0 Å². The highest BCUT2D eigenvalue weighted by Gasteiger charge is 2.28. The fourth-order valence-corrected chi connectivity index (χ4v) is 2.37. The van der Waals surface area contributed by atoms with E-state index >= 15 is 0 Å². The first-order valence-electron chi connectivity index (χ1n) is 7.01. The molecule has 0 radical (unpaired) electrons. The van der Waals surface area contributed by atoms with E-state index in [2.05, 4.69) is 63.3 Å². The van der Waals surface area contributed by atoms with Gasteiger partial charge < -0.3 is 10.1 Å². The minimum atomic E-state index is -0.112. The van der Waals surface area contributed by atoms with E-state index in [1.54, 1.807) is 0 Å². The molecule has 0 fully saturated rings. The molecule has 0 saturated carbocycles. The Hall–Kier alpha value is -0.860. The van der Waals surface area contributed by atoms with Gasteiger partial charge in [0, 0.05) is 12.6 Å². The maximum Gasteiger partial charge on any atom is 0.0778 e. The van der Waals surface area contributed by atoms with Crippen LogP contribution in [-0.4, -0.2) is 24.8 Å². The summed E-state index contributed by atoms with van der Waals surface area (Å²) in [7, 11) is 0. The third-order valence-electron chi connectivity index (χ3n) is 3.37. The number of nitrogens with one attached hydrogen (secondary N) is 1. The van der Waals surface area contributed by atoms with Gasteiger partial charge in [-0.15, -0.1) is 0 Å². The summed E-state index contributed by atoms with van der Waals surface area (Å²) in [6, 6.07) is 11.0. The summed E-state index contributed by atoms with van der Waals surface area (Å²) >= 11 is 0. The predicted octanol–water partition coefficient (Wildman–Crippen LogP) is 3.41. The molecule has 18 heavy (non-hydrogen) atoms. The average molecular weight is 249 g/mol. The van der Waals surface area contributed by atoms with Crippen LogP contribution >= 0.6 is 0 Å². The minimum absolute atomic E-state index is 0.112. The molecular weight excluding hydrogens is 222 g/mol. The second-order valence-corrected chi connectivity index (χ2v) is 5.17. The van der Waals surface area contributed by atoms with Gasteiger partial charge in [0.2, 0.25) is 0 Å². The van der Waals surface area contributed by atoms with Crippen molar-refractivity contribution in [3.8, 4) is 0 Å². The van der Waals surface area contributed by atoms with Gasteiger partial charge in [0.15, 0.2) is 0 Å². The smallest absolute Gasteiger partial charge is 0.0778 e. The molecule has 0 aliphatic heterocycles. The summed E-state index contributed by atoms with van der Waals surface area (Å²) in [5.41, 5.74) is 1.28. The van der Waals surface area contributed by atoms with E-state index in [-0.39, 0.29) is 5.60 Å². The van der Waals surface area contributed by atoms with Crippen molar-refractivity contribution in [3.05, 3.63) is 35.9 Å². The molecule has 1 rings (SSSR count). The molecule has 2 heteroatoms. The lowest BCUT2D eigenvalue weighted by Gasteiger charge is -2.35. The molecule has 0 aromatic heterocycles. The molecule has 1 unspecified atom stereocenters. The monoisotopic (exact) mass is 249 g/mol. The Balaban J connectivity index is 2.57. The Bertz CT molecular complexity index is 321. The molecule has 1 atom stereocenters. The predicted molar refractivity (Wildman–Crippen MR) is 77.9 cm³/mol. The molecule has 0 spiro atoms. The Kier molecular flexibility index (Phi) is 6.37. The highest BCUT2D eigenvalue weighted by atomic mass is 16.5. The number of hydrogen-bond donors (Lipinski definition) is 1. The molecule has 0 aliphatic rings. The third-order valence-corrected chi connectivity index (χ3v) is 3.37. The second-order valence-electron chi connectivity index (χ2n) is 5.17. The maximum absolute atomic E-state index is 5.87. The highest BCUT2D eigenvalue weighted by Crippen LogP contribution is 2.19. The van der Waals surface area contributed by atoms with Gasteiger partial charge in [-0.05, 0) is 45.7 Å². The van der Waals surface area contributed by atoms with Gasteiger partial charge in [-0.25, -0.2) is 0 Å². The largest absolute Gasteiger partial charge is 0.374 e. The van der Waals surface area contributed by atoms with Crippen LogP contribution in [0.5, 0.6) is 0 Å². The first kappa shape index (κ1) is 15.2. The first-order chi connectivity index (χ1) is 8.60. The van der Waals surface area contributed by atoms with Crippen LogP contribution in [0.25, 0.3) is 0 Å². The van der Waals surface area contributed by atoms with Gasteiger partial charge in [-0.1, -0.05) is 37.3 Å². The molecule has 0 bridgehead atoms. The number of hydrogen-bond acceptors (Lipinski definition) is 2. The van der Waals surface area contributed by atoms with E-state index in [9.17, 15) is 0 Å². The van der Waals surface area contributed by atoms with Crippen molar-refractivity contribution in [1.29, 1.82) is 0 Å². The van der Waals surface area contributed by atoms with Crippen LogP contribution in [0.2, 0.25) is 0 Å². The molecular formula is C16H27NO. The van der Waals surface area contributed by atoms with Crippen molar-refractivity contribution in [1.82, 2.24) is 5.32 Å². The van der Waals surface area contributed by atoms with Crippen molar-refractivity contribution in [2.24, 2.45) is 0 Å². The minimum Gasteiger partial charge on any atom is -0.374 e. The SMILES string of the molecule is CCNC(CCc1ccccc1)C(C)(C)OCC. The molecule has 0 amide bonds. The Labute approximate surface area is 112 Å². The van der Waals surface area contributed by atoms with Crippen LogP contribution < -0.4 is 5.32 Å². The zero-order valence-corrected chi connectivity index (χ0v) is 12.2. The van der Waals surface area contributed by atoms with E-state index in [0.717, 1.165) is 26.0 Å². The van der Waals surface area contributed by atoms with Crippen molar-refractivity contribution < 1.29 is 4.74 Å². The summed E-state index contributed by atoms with van der Waals surface area (Å²) in [6.07, 6.45) is 2.19. The number of rotatable bonds is 8.